The van der Waals surface area contributed by atoms with E-state index in [0.29, 0.717) is 11.8 Å². The molecule has 3 atom stereocenters. The molecule has 0 heterocycles. The van der Waals surface area contributed by atoms with Crippen LogP contribution in [0.3, 0.4) is 0 Å². The minimum atomic E-state index is -0.136. The van der Waals surface area contributed by atoms with Crippen LogP contribution in [-0.2, 0) is 0 Å². The van der Waals surface area contributed by atoms with E-state index >= 15 is 0 Å². The molecule has 1 aliphatic carbocycles. The summed E-state index contributed by atoms with van der Waals surface area (Å²) in [7, 11) is 0. The normalized spacial score (nSPS) is 25.3. The van der Waals surface area contributed by atoms with Gasteiger partial charge in [-0.3, -0.25) is 11.3 Å². The summed E-state index contributed by atoms with van der Waals surface area (Å²) in [5.41, 5.74) is 4.55. The Morgan fingerprint density at radius 2 is 2.11 bits per heavy atom. The highest BCUT2D eigenvalue weighted by Gasteiger charge is 2.32. The number of hydrogen-bond acceptors (Lipinski definition) is 2. The third-order valence-corrected chi connectivity index (χ3v) is 4.59. The van der Waals surface area contributed by atoms with E-state index in [9.17, 15) is 4.39 Å². The lowest BCUT2D eigenvalue weighted by atomic mass is 9.72. The fourth-order valence-corrected chi connectivity index (χ4v) is 3.51. The van der Waals surface area contributed by atoms with Crippen LogP contribution in [0.5, 0.6) is 0 Å². The van der Waals surface area contributed by atoms with Crippen LogP contribution in [-0.4, -0.2) is 0 Å². The molecular weight excluding hydrogens is 239 g/mol. The summed E-state index contributed by atoms with van der Waals surface area (Å²) in [6.07, 6.45) is 6.05. The van der Waals surface area contributed by atoms with Gasteiger partial charge in [0.2, 0.25) is 0 Å². The van der Waals surface area contributed by atoms with Gasteiger partial charge in [-0.25, -0.2) is 4.39 Å². The van der Waals surface area contributed by atoms with Crippen molar-refractivity contribution < 1.29 is 4.39 Å². The van der Waals surface area contributed by atoms with Crippen LogP contribution in [0.25, 0.3) is 0 Å². The van der Waals surface area contributed by atoms with Crippen molar-refractivity contribution in [3.05, 3.63) is 35.1 Å². The van der Waals surface area contributed by atoms with Crippen molar-refractivity contribution in [2.24, 2.45) is 17.7 Å². The zero-order chi connectivity index (χ0) is 13.8. The standard InChI is InChI=1S/C16H25FN2/c1-3-12-6-4-5-7-13(12)16(19-18)14-9-8-11(2)10-15(14)17/h8-10,12-13,16,19H,3-7,18H2,1-2H3. The molecule has 1 aromatic rings. The van der Waals surface area contributed by atoms with Gasteiger partial charge < -0.3 is 0 Å². The van der Waals surface area contributed by atoms with Crippen molar-refractivity contribution in [3.63, 3.8) is 0 Å². The van der Waals surface area contributed by atoms with Gasteiger partial charge in [-0.1, -0.05) is 44.7 Å². The molecule has 0 bridgehead atoms. The molecule has 1 fully saturated rings. The van der Waals surface area contributed by atoms with E-state index in [1.165, 1.54) is 19.3 Å². The molecule has 1 saturated carbocycles. The molecule has 2 rings (SSSR count). The molecule has 3 N–H and O–H groups in total. The molecule has 1 aromatic carbocycles. The average molecular weight is 264 g/mol. The molecule has 1 aliphatic rings. The Balaban J connectivity index is 2.27. The molecule has 3 unspecified atom stereocenters. The quantitative estimate of drug-likeness (QED) is 0.640. The second-order valence-electron chi connectivity index (χ2n) is 5.79. The van der Waals surface area contributed by atoms with Gasteiger partial charge in [0.05, 0.1) is 6.04 Å². The fraction of sp³-hybridized carbons (Fsp3) is 0.625. The number of nitrogens with one attached hydrogen (secondary N) is 1. The first-order chi connectivity index (χ1) is 9.17. The number of rotatable bonds is 4. The summed E-state index contributed by atoms with van der Waals surface area (Å²) < 4.78 is 14.2. The Kier molecular flexibility index (Phi) is 4.94. The summed E-state index contributed by atoms with van der Waals surface area (Å²) in [4.78, 5) is 0. The first-order valence-electron chi connectivity index (χ1n) is 7.39. The molecule has 0 aliphatic heterocycles. The number of halogens is 1. The van der Waals surface area contributed by atoms with Crippen molar-refractivity contribution in [2.45, 2.75) is 52.0 Å². The smallest absolute Gasteiger partial charge is 0.128 e. The highest BCUT2D eigenvalue weighted by Crippen LogP contribution is 2.40. The zero-order valence-electron chi connectivity index (χ0n) is 12.0. The molecule has 2 nitrogen and oxygen atoms in total. The summed E-state index contributed by atoms with van der Waals surface area (Å²) in [5, 5.41) is 0. The third-order valence-electron chi connectivity index (χ3n) is 4.59. The van der Waals surface area contributed by atoms with Crippen molar-refractivity contribution in [1.29, 1.82) is 0 Å². The molecule has 106 valence electrons. The van der Waals surface area contributed by atoms with Crippen molar-refractivity contribution in [2.75, 3.05) is 0 Å². The van der Waals surface area contributed by atoms with Crippen LogP contribution in [0.4, 0.5) is 4.39 Å². The summed E-state index contributed by atoms with van der Waals surface area (Å²) >= 11 is 0. The van der Waals surface area contributed by atoms with Crippen LogP contribution < -0.4 is 11.3 Å². The number of nitrogens with two attached hydrogens (primary N) is 1. The Bertz CT molecular complexity index is 419. The molecule has 0 spiro atoms. The number of aryl methyl sites for hydroxylation is 1. The van der Waals surface area contributed by atoms with Crippen molar-refractivity contribution >= 4 is 0 Å². The van der Waals surface area contributed by atoms with Gasteiger partial charge >= 0.3 is 0 Å². The van der Waals surface area contributed by atoms with Crippen LogP contribution >= 0.6 is 0 Å². The second kappa shape index (κ2) is 6.49. The van der Waals surface area contributed by atoms with Gasteiger partial charge in [0.15, 0.2) is 0 Å². The van der Waals surface area contributed by atoms with Crippen LogP contribution in [0.2, 0.25) is 0 Å². The topological polar surface area (TPSA) is 38.0 Å². The fourth-order valence-electron chi connectivity index (χ4n) is 3.51. The van der Waals surface area contributed by atoms with Gasteiger partial charge in [-0.05, 0) is 36.8 Å². The van der Waals surface area contributed by atoms with E-state index in [-0.39, 0.29) is 11.9 Å². The maximum Gasteiger partial charge on any atom is 0.128 e. The molecule has 0 radical (unpaired) electrons. The lowest BCUT2D eigenvalue weighted by Crippen LogP contribution is -2.38. The van der Waals surface area contributed by atoms with Gasteiger partial charge in [0.1, 0.15) is 5.82 Å². The summed E-state index contributed by atoms with van der Waals surface area (Å²) in [6, 6.07) is 5.39. The molecule has 19 heavy (non-hydrogen) atoms. The van der Waals surface area contributed by atoms with Crippen molar-refractivity contribution in [3.8, 4) is 0 Å². The van der Waals surface area contributed by atoms with Crippen molar-refractivity contribution in [1.82, 2.24) is 5.43 Å². The van der Waals surface area contributed by atoms with E-state index < -0.39 is 0 Å². The minimum Gasteiger partial charge on any atom is -0.271 e. The maximum absolute atomic E-state index is 14.2. The predicted molar refractivity (Wildman–Crippen MR) is 76.9 cm³/mol. The monoisotopic (exact) mass is 264 g/mol. The lowest BCUT2D eigenvalue weighted by molar-refractivity contribution is 0.173. The predicted octanol–water partition coefficient (Wildman–Crippen LogP) is 3.85. The molecule has 3 heteroatoms. The number of benzene rings is 1. The maximum atomic E-state index is 14.2. The van der Waals surface area contributed by atoms with Crippen LogP contribution in [0.1, 0.15) is 56.2 Å². The number of hydrazine groups is 1. The van der Waals surface area contributed by atoms with E-state index in [1.54, 1.807) is 6.07 Å². The molecule has 0 amide bonds. The average Bonchev–Trinajstić information content (AvgIpc) is 2.42. The van der Waals surface area contributed by atoms with Gasteiger partial charge in [-0.2, -0.15) is 0 Å². The summed E-state index contributed by atoms with van der Waals surface area (Å²) in [6.45, 7) is 4.13. The Labute approximate surface area is 115 Å². The van der Waals surface area contributed by atoms with E-state index in [0.717, 1.165) is 24.0 Å². The highest BCUT2D eigenvalue weighted by atomic mass is 19.1. The minimum absolute atomic E-state index is 0.0640. The molecule has 0 aromatic heterocycles. The van der Waals surface area contributed by atoms with Gasteiger partial charge in [-0.15, -0.1) is 0 Å². The summed E-state index contributed by atoms with van der Waals surface area (Å²) in [5.74, 6) is 6.70. The highest BCUT2D eigenvalue weighted by molar-refractivity contribution is 5.26. The van der Waals surface area contributed by atoms with Crippen LogP contribution in [0, 0.1) is 24.6 Å². The van der Waals surface area contributed by atoms with E-state index in [4.69, 9.17) is 5.84 Å². The van der Waals surface area contributed by atoms with E-state index in [1.807, 2.05) is 19.1 Å². The van der Waals surface area contributed by atoms with Crippen LogP contribution in [0.15, 0.2) is 18.2 Å². The van der Waals surface area contributed by atoms with Gasteiger partial charge in [0.25, 0.3) is 0 Å². The Hall–Kier alpha value is -0.930. The SMILES string of the molecule is CCC1CCCCC1C(NN)c1ccc(C)cc1F. The molecular formula is C16H25FN2. The lowest BCUT2D eigenvalue weighted by Gasteiger charge is -2.37. The third kappa shape index (κ3) is 3.15. The molecule has 0 saturated heterocycles. The first kappa shape index (κ1) is 14.5. The van der Waals surface area contributed by atoms with E-state index in [2.05, 4.69) is 12.3 Å². The largest absolute Gasteiger partial charge is 0.271 e. The Morgan fingerprint density at radius 1 is 1.37 bits per heavy atom. The Morgan fingerprint density at radius 3 is 2.74 bits per heavy atom. The first-order valence-corrected chi connectivity index (χ1v) is 7.39. The number of hydrogen-bond donors (Lipinski definition) is 2. The van der Waals surface area contributed by atoms with Gasteiger partial charge in [0, 0.05) is 5.56 Å². The second-order valence-corrected chi connectivity index (χ2v) is 5.79. The zero-order valence-corrected chi connectivity index (χ0v) is 12.0.